The van der Waals surface area contributed by atoms with Crippen LogP contribution in [0.4, 0.5) is 0 Å². The van der Waals surface area contributed by atoms with Gasteiger partial charge in [-0.2, -0.15) is 0 Å². The van der Waals surface area contributed by atoms with Crippen LogP contribution in [-0.4, -0.2) is 30.3 Å². The highest BCUT2D eigenvalue weighted by Crippen LogP contribution is 2.38. The largest absolute Gasteiger partial charge is 0.504 e. The maximum absolute atomic E-state index is 10.0. The van der Waals surface area contributed by atoms with Crippen LogP contribution < -0.4 is 10.5 Å². The second kappa shape index (κ2) is 5.39. The third kappa shape index (κ3) is 2.37. The molecule has 1 aliphatic rings. The molecule has 110 valence electrons. The lowest BCUT2D eigenvalue weighted by Crippen LogP contribution is -2.47. The average Bonchev–Trinajstić information content (AvgIpc) is 2.48. The Morgan fingerprint density at radius 1 is 1.24 bits per heavy atom. The van der Waals surface area contributed by atoms with Gasteiger partial charge in [0, 0.05) is 12.5 Å². The van der Waals surface area contributed by atoms with Gasteiger partial charge < -0.3 is 15.6 Å². The molecule has 2 unspecified atom stereocenters. The zero-order chi connectivity index (χ0) is 15.0. The number of fused-ring (bicyclic) bond motifs is 1. The second-order valence-electron chi connectivity index (χ2n) is 5.51. The van der Waals surface area contributed by atoms with E-state index in [0.29, 0.717) is 5.75 Å². The molecule has 4 heteroatoms. The smallest absolute Gasteiger partial charge is 0.160 e. The van der Waals surface area contributed by atoms with Crippen LogP contribution >= 0.6 is 0 Å². The van der Waals surface area contributed by atoms with E-state index in [-0.39, 0.29) is 17.8 Å². The molecule has 4 nitrogen and oxygen atoms in total. The fourth-order valence-electron chi connectivity index (χ4n) is 3.07. The number of methoxy groups -OCH3 is 1. The molecule has 2 aromatic carbocycles. The summed E-state index contributed by atoms with van der Waals surface area (Å²) in [5.41, 5.74) is 9.91. The van der Waals surface area contributed by atoms with Crippen LogP contribution in [0.2, 0.25) is 0 Å². The third-order valence-electron chi connectivity index (χ3n) is 4.22. The SMILES string of the molecule is COc1ccc(C2c3ccccc3CN(C)C2N)cc1O. The zero-order valence-corrected chi connectivity index (χ0v) is 12.3. The van der Waals surface area contributed by atoms with Crippen molar-refractivity contribution in [1.82, 2.24) is 4.90 Å². The number of ether oxygens (including phenoxy) is 1. The normalized spacial score (nSPS) is 21.9. The first kappa shape index (κ1) is 13.9. The summed E-state index contributed by atoms with van der Waals surface area (Å²) < 4.78 is 5.11. The Morgan fingerprint density at radius 2 is 2.00 bits per heavy atom. The van der Waals surface area contributed by atoms with Gasteiger partial charge in [-0.15, -0.1) is 0 Å². The molecule has 0 spiro atoms. The number of benzene rings is 2. The Kier molecular flexibility index (Phi) is 3.57. The number of aromatic hydroxyl groups is 1. The van der Waals surface area contributed by atoms with Crippen molar-refractivity contribution in [3.05, 3.63) is 59.2 Å². The van der Waals surface area contributed by atoms with Gasteiger partial charge in [0.15, 0.2) is 11.5 Å². The Labute approximate surface area is 124 Å². The summed E-state index contributed by atoms with van der Waals surface area (Å²) in [5, 5.41) is 10.0. The molecule has 0 amide bonds. The average molecular weight is 284 g/mol. The second-order valence-corrected chi connectivity index (χ2v) is 5.51. The van der Waals surface area contributed by atoms with Crippen molar-refractivity contribution >= 4 is 0 Å². The highest BCUT2D eigenvalue weighted by Gasteiger charge is 2.31. The maximum atomic E-state index is 10.0. The maximum Gasteiger partial charge on any atom is 0.160 e. The van der Waals surface area contributed by atoms with E-state index in [4.69, 9.17) is 10.5 Å². The summed E-state index contributed by atoms with van der Waals surface area (Å²) in [4.78, 5) is 2.13. The van der Waals surface area contributed by atoms with Gasteiger partial charge in [0.2, 0.25) is 0 Å². The van der Waals surface area contributed by atoms with E-state index in [0.717, 1.165) is 12.1 Å². The van der Waals surface area contributed by atoms with E-state index in [1.165, 1.54) is 11.1 Å². The van der Waals surface area contributed by atoms with E-state index in [1.54, 1.807) is 19.2 Å². The molecular formula is C17H20N2O2. The fraction of sp³-hybridized carbons (Fsp3) is 0.294. The van der Waals surface area contributed by atoms with Crippen LogP contribution in [0.5, 0.6) is 11.5 Å². The molecule has 2 atom stereocenters. The number of nitrogens with two attached hydrogens (primary N) is 1. The number of nitrogens with zero attached hydrogens (tertiary/aromatic N) is 1. The number of phenolic OH excluding ortho intramolecular Hbond substituents is 1. The summed E-state index contributed by atoms with van der Waals surface area (Å²) in [6.45, 7) is 0.843. The Hall–Kier alpha value is -2.04. The van der Waals surface area contributed by atoms with Crippen molar-refractivity contribution < 1.29 is 9.84 Å². The van der Waals surface area contributed by atoms with Gasteiger partial charge in [0.25, 0.3) is 0 Å². The summed E-state index contributed by atoms with van der Waals surface area (Å²) in [5.74, 6) is 0.662. The molecule has 0 radical (unpaired) electrons. The lowest BCUT2D eigenvalue weighted by atomic mass is 9.82. The van der Waals surface area contributed by atoms with Crippen molar-refractivity contribution in [3.63, 3.8) is 0 Å². The van der Waals surface area contributed by atoms with E-state index in [1.807, 2.05) is 25.2 Å². The fourth-order valence-corrected chi connectivity index (χ4v) is 3.07. The van der Waals surface area contributed by atoms with Crippen LogP contribution in [0.3, 0.4) is 0 Å². The highest BCUT2D eigenvalue weighted by molar-refractivity contribution is 5.48. The number of rotatable bonds is 2. The summed E-state index contributed by atoms with van der Waals surface area (Å²) in [6.07, 6.45) is -0.118. The van der Waals surface area contributed by atoms with E-state index in [9.17, 15) is 5.11 Å². The molecule has 0 aromatic heterocycles. The Morgan fingerprint density at radius 3 is 2.71 bits per heavy atom. The minimum atomic E-state index is -0.118. The molecule has 0 bridgehead atoms. The first-order chi connectivity index (χ1) is 10.1. The van der Waals surface area contributed by atoms with Crippen molar-refractivity contribution in [2.45, 2.75) is 18.6 Å². The lowest BCUT2D eigenvalue weighted by Gasteiger charge is -2.38. The van der Waals surface area contributed by atoms with Gasteiger partial charge in [-0.3, -0.25) is 4.90 Å². The van der Waals surface area contributed by atoms with Crippen molar-refractivity contribution in [3.8, 4) is 11.5 Å². The van der Waals surface area contributed by atoms with Crippen molar-refractivity contribution in [1.29, 1.82) is 0 Å². The predicted octanol–water partition coefficient (Wildman–Crippen LogP) is 2.26. The Bertz CT molecular complexity index is 657. The standard InChI is InChI=1S/C17H20N2O2/c1-19-10-12-5-3-4-6-13(12)16(17(19)18)11-7-8-15(21-2)14(20)9-11/h3-9,16-17,20H,10,18H2,1-2H3. The molecule has 3 rings (SSSR count). The van der Waals surface area contributed by atoms with Gasteiger partial charge >= 0.3 is 0 Å². The van der Waals surface area contributed by atoms with Gasteiger partial charge in [0.1, 0.15) is 0 Å². The van der Waals surface area contributed by atoms with Crippen LogP contribution in [-0.2, 0) is 6.54 Å². The third-order valence-corrected chi connectivity index (χ3v) is 4.22. The van der Waals surface area contributed by atoms with E-state index in [2.05, 4.69) is 17.0 Å². The van der Waals surface area contributed by atoms with Gasteiger partial charge in [-0.25, -0.2) is 0 Å². The number of likely N-dealkylation sites (N-methyl/N-ethyl adjacent to an activating group) is 1. The monoisotopic (exact) mass is 284 g/mol. The molecule has 21 heavy (non-hydrogen) atoms. The van der Waals surface area contributed by atoms with E-state index >= 15 is 0 Å². The van der Waals surface area contributed by atoms with Crippen LogP contribution in [0.15, 0.2) is 42.5 Å². The summed E-state index contributed by atoms with van der Waals surface area (Å²) >= 11 is 0. The number of hydrogen-bond acceptors (Lipinski definition) is 4. The first-order valence-corrected chi connectivity index (χ1v) is 7.02. The molecule has 0 fully saturated rings. The highest BCUT2D eigenvalue weighted by atomic mass is 16.5. The summed E-state index contributed by atoms with van der Waals surface area (Å²) in [7, 11) is 3.57. The molecule has 0 aliphatic carbocycles. The van der Waals surface area contributed by atoms with Crippen molar-refractivity contribution in [2.75, 3.05) is 14.2 Å². The minimum absolute atomic E-state index is 0.0387. The molecule has 0 saturated heterocycles. The summed E-state index contributed by atoms with van der Waals surface area (Å²) in [6, 6.07) is 13.8. The minimum Gasteiger partial charge on any atom is -0.504 e. The molecule has 1 aliphatic heterocycles. The van der Waals surface area contributed by atoms with Crippen molar-refractivity contribution in [2.24, 2.45) is 5.73 Å². The topological polar surface area (TPSA) is 58.7 Å². The molecule has 2 aromatic rings. The van der Waals surface area contributed by atoms with Crippen LogP contribution in [0, 0.1) is 0 Å². The molecule has 0 saturated carbocycles. The van der Waals surface area contributed by atoms with Crippen LogP contribution in [0.25, 0.3) is 0 Å². The zero-order valence-electron chi connectivity index (χ0n) is 12.3. The molecule has 3 N–H and O–H groups in total. The predicted molar refractivity (Wildman–Crippen MR) is 82.4 cm³/mol. The van der Waals surface area contributed by atoms with Gasteiger partial charge in [-0.1, -0.05) is 30.3 Å². The number of hydrogen-bond donors (Lipinski definition) is 2. The first-order valence-electron chi connectivity index (χ1n) is 7.02. The van der Waals surface area contributed by atoms with Crippen LogP contribution in [0.1, 0.15) is 22.6 Å². The van der Waals surface area contributed by atoms with Gasteiger partial charge in [0.05, 0.1) is 13.3 Å². The Balaban J connectivity index is 2.10. The molecule has 1 heterocycles. The lowest BCUT2D eigenvalue weighted by molar-refractivity contribution is 0.201. The number of phenols is 1. The van der Waals surface area contributed by atoms with E-state index < -0.39 is 0 Å². The van der Waals surface area contributed by atoms with Gasteiger partial charge in [-0.05, 0) is 35.9 Å². The molecular weight excluding hydrogens is 264 g/mol. The quantitative estimate of drug-likeness (QED) is 0.888.